The summed E-state index contributed by atoms with van der Waals surface area (Å²) in [4.78, 5) is 20.6. The molecule has 0 radical (unpaired) electrons. The van der Waals surface area contributed by atoms with E-state index in [0.717, 1.165) is 0 Å². The number of carboxylic acids is 2. The average Bonchev–Trinajstić information content (AvgIpc) is 2.03. The molecule has 0 amide bonds. The molecular formula is C6H8NO6P. The summed E-state index contributed by atoms with van der Waals surface area (Å²) in [6.07, 6.45) is -0.713. The molecule has 1 atom stereocenters. The monoisotopic (exact) mass is 221 g/mol. The van der Waals surface area contributed by atoms with Gasteiger partial charge in [0.15, 0.2) is 0 Å². The van der Waals surface area contributed by atoms with Crippen LogP contribution in [-0.4, -0.2) is 38.5 Å². The SMILES string of the molecule is O=P#CN(O)[C@@H](CCC(=O)O)C(=O)O. The normalized spacial score (nSPS) is 11.9. The molecule has 14 heavy (non-hydrogen) atoms. The molecule has 3 N–H and O–H groups in total. The summed E-state index contributed by atoms with van der Waals surface area (Å²) < 4.78 is 9.96. The van der Waals surface area contributed by atoms with Crippen LogP contribution >= 0.6 is 7.92 Å². The first-order valence-corrected chi connectivity index (χ1v) is 4.31. The third-order valence-corrected chi connectivity index (χ3v) is 1.64. The van der Waals surface area contributed by atoms with E-state index in [1.807, 2.05) is 0 Å². The van der Waals surface area contributed by atoms with Crippen LogP contribution in [0.5, 0.6) is 0 Å². The zero-order valence-corrected chi connectivity index (χ0v) is 7.85. The summed E-state index contributed by atoms with van der Waals surface area (Å²) >= 11 is 0. The molecule has 0 saturated carbocycles. The van der Waals surface area contributed by atoms with E-state index < -0.39 is 32.3 Å². The van der Waals surface area contributed by atoms with E-state index in [0.29, 0.717) is 0 Å². The number of carbonyl (C=O) groups is 2. The van der Waals surface area contributed by atoms with Crippen LogP contribution in [0.4, 0.5) is 0 Å². The minimum absolute atomic E-state index is 0.0971. The Kier molecular flexibility index (Phi) is 5.83. The molecule has 0 unspecified atom stereocenters. The third-order valence-electron chi connectivity index (χ3n) is 1.36. The van der Waals surface area contributed by atoms with Crippen LogP contribution < -0.4 is 0 Å². The fraction of sp³-hybridized carbons (Fsp3) is 0.500. The number of nitrogens with zero attached hydrogens (tertiary/aromatic N) is 1. The van der Waals surface area contributed by atoms with Gasteiger partial charge in [0.2, 0.25) is 0 Å². The molecule has 0 aromatic heterocycles. The van der Waals surface area contributed by atoms with Gasteiger partial charge in [-0.2, -0.15) is 0 Å². The van der Waals surface area contributed by atoms with Gasteiger partial charge in [-0.05, 0) is 0 Å². The maximum absolute atomic E-state index is 10.5. The Bertz CT molecular complexity index is 322. The predicted molar refractivity (Wildman–Crippen MR) is 43.4 cm³/mol. The Hall–Kier alpha value is -1.13. The second-order valence-corrected chi connectivity index (χ2v) is 2.70. The van der Waals surface area contributed by atoms with Crippen molar-refractivity contribution in [1.82, 2.24) is 5.06 Å². The fourth-order valence-corrected chi connectivity index (χ4v) is 0.945. The number of aliphatic carboxylic acids is 2. The molecule has 0 aliphatic carbocycles. The Morgan fingerprint density at radius 2 is 2.00 bits per heavy atom. The van der Waals surface area contributed by atoms with Gasteiger partial charge in [-0.1, -0.05) is 0 Å². The topological polar surface area (TPSA) is 115 Å². The van der Waals surface area contributed by atoms with Crippen molar-refractivity contribution in [3.05, 3.63) is 0 Å². The molecule has 0 spiro atoms. The van der Waals surface area contributed by atoms with Crippen molar-refractivity contribution in [2.24, 2.45) is 0 Å². The van der Waals surface area contributed by atoms with Crippen LogP contribution in [-0.2, 0) is 14.2 Å². The van der Waals surface area contributed by atoms with Crippen molar-refractivity contribution in [3.8, 4) is 5.75 Å². The summed E-state index contributed by atoms with van der Waals surface area (Å²) in [5.41, 5.74) is 0. The molecule has 0 aromatic carbocycles. The molecule has 0 aromatic rings. The standard InChI is InChI=1S/C6H8NO6P/c8-5(9)2-1-4(6(10)11)7(12)3-14-13/h4,12H,1-2H2,(H,8,9)(H,10,11)/t4-/m0/s1. The van der Waals surface area contributed by atoms with Gasteiger partial charge in [0, 0.05) is 0 Å². The second kappa shape index (κ2) is 6.34. The summed E-state index contributed by atoms with van der Waals surface area (Å²) in [6, 6.07) is -1.45. The number of hydrogen-bond donors (Lipinski definition) is 3. The Morgan fingerprint density at radius 3 is 2.36 bits per heavy atom. The molecule has 0 heterocycles. The summed E-state index contributed by atoms with van der Waals surface area (Å²) in [6.45, 7) is 0. The van der Waals surface area contributed by atoms with Gasteiger partial charge in [-0.3, -0.25) is 0 Å². The Labute approximate surface area is 80.0 Å². The predicted octanol–water partition coefficient (Wildman–Crippen LogP) is 0.204. The van der Waals surface area contributed by atoms with E-state index in [1.165, 1.54) is 0 Å². The Balaban J connectivity index is 4.41. The molecule has 0 aliphatic rings. The third kappa shape index (κ3) is 4.79. The van der Waals surface area contributed by atoms with Gasteiger partial charge in [-0.15, -0.1) is 0 Å². The average molecular weight is 221 g/mol. The maximum atomic E-state index is 10.5. The minimum atomic E-state index is -1.45. The van der Waals surface area contributed by atoms with Crippen molar-refractivity contribution < 1.29 is 29.6 Å². The number of rotatable bonds is 5. The zero-order valence-electron chi connectivity index (χ0n) is 6.95. The van der Waals surface area contributed by atoms with Crippen molar-refractivity contribution in [1.29, 1.82) is 0 Å². The van der Waals surface area contributed by atoms with Crippen molar-refractivity contribution in [3.63, 3.8) is 0 Å². The van der Waals surface area contributed by atoms with Gasteiger partial charge in [0.1, 0.15) is 0 Å². The van der Waals surface area contributed by atoms with Gasteiger partial charge in [0.05, 0.1) is 0 Å². The van der Waals surface area contributed by atoms with Crippen LogP contribution in [0.2, 0.25) is 0 Å². The molecule has 0 bridgehead atoms. The number of hydroxylamine groups is 2. The Morgan fingerprint density at radius 1 is 1.43 bits per heavy atom. The fourth-order valence-electron chi connectivity index (χ4n) is 0.722. The molecule has 0 saturated heterocycles. The van der Waals surface area contributed by atoms with Gasteiger partial charge in [-0.25, -0.2) is 0 Å². The van der Waals surface area contributed by atoms with Gasteiger partial charge < -0.3 is 0 Å². The molecular weight excluding hydrogens is 213 g/mol. The first-order valence-electron chi connectivity index (χ1n) is 3.49. The van der Waals surface area contributed by atoms with E-state index in [-0.39, 0.29) is 11.5 Å². The molecule has 8 heteroatoms. The van der Waals surface area contributed by atoms with Gasteiger partial charge in [0.25, 0.3) is 0 Å². The van der Waals surface area contributed by atoms with Crippen molar-refractivity contribution in [2.75, 3.05) is 0 Å². The number of carboxylic acid groups (broad SMARTS) is 2. The van der Waals surface area contributed by atoms with Crippen LogP contribution in [0, 0.1) is 5.75 Å². The molecule has 0 aliphatic heterocycles. The summed E-state index contributed by atoms with van der Waals surface area (Å²) in [5.74, 6) is -0.806. The molecule has 0 rings (SSSR count). The van der Waals surface area contributed by atoms with Crippen LogP contribution in [0.1, 0.15) is 12.8 Å². The van der Waals surface area contributed by atoms with Crippen molar-refractivity contribution in [2.45, 2.75) is 18.9 Å². The number of hydrogen-bond acceptors (Lipinski definition) is 5. The zero-order chi connectivity index (χ0) is 11.1. The van der Waals surface area contributed by atoms with Crippen LogP contribution in [0.15, 0.2) is 0 Å². The summed E-state index contributed by atoms with van der Waals surface area (Å²) in [5, 5.41) is 25.9. The molecule has 0 fully saturated rings. The second-order valence-electron chi connectivity index (χ2n) is 2.32. The van der Waals surface area contributed by atoms with E-state index in [9.17, 15) is 14.2 Å². The van der Waals surface area contributed by atoms with Gasteiger partial charge >= 0.3 is 79.1 Å². The summed E-state index contributed by atoms with van der Waals surface area (Å²) in [7, 11) is -0.679. The van der Waals surface area contributed by atoms with E-state index in [4.69, 9.17) is 15.4 Å². The van der Waals surface area contributed by atoms with Crippen molar-refractivity contribution >= 4 is 19.9 Å². The first-order chi connectivity index (χ1) is 6.49. The molecule has 7 nitrogen and oxygen atoms in total. The van der Waals surface area contributed by atoms with E-state index in [1.54, 1.807) is 5.75 Å². The van der Waals surface area contributed by atoms with Crippen LogP contribution in [0.25, 0.3) is 0 Å². The van der Waals surface area contributed by atoms with E-state index >= 15 is 0 Å². The van der Waals surface area contributed by atoms with E-state index in [2.05, 4.69) is 0 Å². The van der Waals surface area contributed by atoms with Crippen LogP contribution in [0.3, 0.4) is 0 Å². The molecule has 78 valence electrons. The quantitative estimate of drug-likeness (QED) is 0.345. The first kappa shape index (κ1) is 12.9.